The highest BCUT2D eigenvalue weighted by molar-refractivity contribution is 6.30. The summed E-state index contributed by atoms with van der Waals surface area (Å²) < 4.78 is 10.1. The van der Waals surface area contributed by atoms with Crippen molar-refractivity contribution in [2.75, 3.05) is 13.4 Å². The molecule has 3 nitrogen and oxygen atoms in total. The maximum Gasteiger partial charge on any atom is 0.217 e. The van der Waals surface area contributed by atoms with E-state index in [0.717, 1.165) is 5.69 Å². The quantitative estimate of drug-likeness (QED) is 0.692. The standard InChI is InChI=1S/C9H8ClNO2/c10-7-2-1-3-8(4-7)11-9-5-12-6-13-9/h1-4H,5-6H2. The number of hydrogen-bond acceptors (Lipinski definition) is 3. The third-order valence-electron chi connectivity index (χ3n) is 1.60. The minimum atomic E-state index is 0.291. The molecule has 0 radical (unpaired) electrons. The van der Waals surface area contributed by atoms with E-state index < -0.39 is 0 Å². The average molecular weight is 198 g/mol. The first-order chi connectivity index (χ1) is 6.34. The van der Waals surface area contributed by atoms with Crippen LogP contribution in [0.2, 0.25) is 5.02 Å². The number of nitrogens with zero attached hydrogens (tertiary/aromatic N) is 1. The molecule has 1 aliphatic heterocycles. The number of hydrogen-bond donors (Lipinski definition) is 0. The Hall–Kier alpha value is -1.06. The van der Waals surface area contributed by atoms with Gasteiger partial charge in [0.1, 0.15) is 6.61 Å². The lowest BCUT2D eigenvalue weighted by molar-refractivity contribution is 0.0890. The minimum absolute atomic E-state index is 0.291. The van der Waals surface area contributed by atoms with Gasteiger partial charge in [-0.2, -0.15) is 0 Å². The van der Waals surface area contributed by atoms with Crippen molar-refractivity contribution in [2.45, 2.75) is 0 Å². The molecule has 0 amide bonds. The fourth-order valence-corrected chi connectivity index (χ4v) is 1.22. The molecule has 4 heteroatoms. The molecule has 0 aromatic heterocycles. The van der Waals surface area contributed by atoms with Crippen LogP contribution in [0.1, 0.15) is 0 Å². The summed E-state index contributed by atoms with van der Waals surface area (Å²) in [5.41, 5.74) is 0.785. The lowest BCUT2D eigenvalue weighted by Gasteiger charge is -1.96. The average Bonchev–Trinajstić information content (AvgIpc) is 2.57. The predicted molar refractivity (Wildman–Crippen MR) is 50.5 cm³/mol. The van der Waals surface area contributed by atoms with Gasteiger partial charge in [0.05, 0.1) is 5.69 Å². The van der Waals surface area contributed by atoms with Crippen LogP contribution in [0, 0.1) is 0 Å². The first-order valence-corrected chi connectivity index (χ1v) is 4.26. The van der Waals surface area contributed by atoms with E-state index in [-0.39, 0.29) is 0 Å². The summed E-state index contributed by atoms with van der Waals surface area (Å²) >= 11 is 5.79. The van der Waals surface area contributed by atoms with E-state index in [1.54, 1.807) is 12.1 Å². The normalized spacial score (nSPS) is 19.0. The van der Waals surface area contributed by atoms with Crippen molar-refractivity contribution in [1.82, 2.24) is 0 Å². The van der Waals surface area contributed by atoms with Crippen LogP contribution < -0.4 is 0 Å². The number of halogens is 1. The van der Waals surface area contributed by atoms with E-state index in [2.05, 4.69) is 4.99 Å². The molecule has 1 aliphatic rings. The zero-order valence-corrected chi connectivity index (χ0v) is 7.62. The molecular weight excluding hydrogens is 190 g/mol. The number of benzene rings is 1. The number of rotatable bonds is 1. The van der Waals surface area contributed by atoms with Crippen LogP contribution in [0.3, 0.4) is 0 Å². The zero-order chi connectivity index (χ0) is 9.10. The highest BCUT2D eigenvalue weighted by atomic mass is 35.5. The molecule has 0 saturated carbocycles. The Morgan fingerprint density at radius 2 is 2.31 bits per heavy atom. The summed E-state index contributed by atoms with van der Waals surface area (Å²) in [5, 5.41) is 0.667. The maximum absolute atomic E-state index is 5.79. The molecule has 1 saturated heterocycles. The molecule has 13 heavy (non-hydrogen) atoms. The van der Waals surface area contributed by atoms with Gasteiger partial charge in [-0.15, -0.1) is 0 Å². The third-order valence-corrected chi connectivity index (χ3v) is 1.83. The highest BCUT2D eigenvalue weighted by Crippen LogP contribution is 2.18. The Morgan fingerprint density at radius 1 is 1.38 bits per heavy atom. The molecule has 1 heterocycles. The summed E-state index contributed by atoms with van der Waals surface area (Å²) in [5.74, 6) is 0.599. The fourth-order valence-electron chi connectivity index (χ4n) is 1.03. The van der Waals surface area contributed by atoms with Crippen LogP contribution in [-0.2, 0) is 9.47 Å². The summed E-state index contributed by atoms with van der Waals surface area (Å²) in [6, 6.07) is 7.28. The number of ether oxygens (including phenoxy) is 2. The summed E-state index contributed by atoms with van der Waals surface area (Å²) in [4.78, 5) is 4.20. The first kappa shape index (κ1) is 8.53. The molecule has 2 rings (SSSR count). The van der Waals surface area contributed by atoms with Gasteiger partial charge < -0.3 is 9.47 Å². The Balaban J connectivity index is 2.21. The van der Waals surface area contributed by atoms with Gasteiger partial charge >= 0.3 is 0 Å². The van der Waals surface area contributed by atoms with Crippen LogP contribution in [-0.4, -0.2) is 19.3 Å². The van der Waals surface area contributed by atoms with Gasteiger partial charge in [0.25, 0.3) is 0 Å². The first-order valence-electron chi connectivity index (χ1n) is 3.88. The smallest absolute Gasteiger partial charge is 0.217 e. The van der Waals surface area contributed by atoms with Crippen LogP contribution in [0.5, 0.6) is 0 Å². The Kier molecular flexibility index (Phi) is 2.47. The van der Waals surface area contributed by atoms with Crippen molar-refractivity contribution < 1.29 is 9.47 Å². The lowest BCUT2D eigenvalue weighted by Crippen LogP contribution is -1.96. The molecule has 0 bridgehead atoms. The topological polar surface area (TPSA) is 30.8 Å². The molecule has 0 unspecified atom stereocenters. The van der Waals surface area contributed by atoms with Crippen LogP contribution in [0.4, 0.5) is 5.69 Å². The summed E-state index contributed by atoms with van der Waals surface area (Å²) in [7, 11) is 0. The van der Waals surface area contributed by atoms with Gasteiger partial charge in [-0.05, 0) is 18.2 Å². The Morgan fingerprint density at radius 3 is 3.00 bits per heavy atom. The largest absolute Gasteiger partial charge is 0.452 e. The van der Waals surface area contributed by atoms with Gasteiger partial charge in [-0.25, -0.2) is 4.99 Å². The van der Waals surface area contributed by atoms with E-state index in [9.17, 15) is 0 Å². The molecule has 1 aromatic rings. The van der Waals surface area contributed by atoms with E-state index in [0.29, 0.717) is 24.3 Å². The molecule has 0 spiro atoms. The highest BCUT2D eigenvalue weighted by Gasteiger charge is 2.08. The van der Waals surface area contributed by atoms with Gasteiger partial charge in [-0.3, -0.25) is 0 Å². The van der Waals surface area contributed by atoms with Crippen LogP contribution in [0.25, 0.3) is 0 Å². The lowest BCUT2D eigenvalue weighted by atomic mass is 10.3. The molecule has 68 valence electrons. The fraction of sp³-hybridized carbons (Fsp3) is 0.222. The van der Waals surface area contributed by atoms with E-state index in [1.807, 2.05) is 12.1 Å². The summed E-state index contributed by atoms with van der Waals surface area (Å²) in [6.45, 7) is 0.728. The second-order valence-corrected chi connectivity index (χ2v) is 3.03. The van der Waals surface area contributed by atoms with Gasteiger partial charge in [0.15, 0.2) is 6.79 Å². The minimum Gasteiger partial charge on any atom is -0.452 e. The maximum atomic E-state index is 5.79. The summed E-state index contributed by atoms with van der Waals surface area (Å²) in [6.07, 6.45) is 0. The molecule has 1 fully saturated rings. The van der Waals surface area contributed by atoms with Crippen molar-refractivity contribution in [2.24, 2.45) is 4.99 Å². The van der Waals surface area contributed by atoms with Crippen molar-refractivity contribution in [1.29, 1.82) is 0 Å². The SMILES string of the molecule is Clc1cccc(N=C2COCO2)c1. The van der Waals surface area contributed by atoms with Gasteiger partial charge in [0, 0.05) is 5.02 Å². The molecule has 0 aliphatic carbocycles. The third kappa shape index (κ3) is 2.20. The second-order valence-electron chi connectivity index (χ2n) is 2.60. The molecule has 0 atom stereocenters. The zero-order valence-electron chi connectivity index (χ0n) is 6.87. The molecule has 1 aromatic carbocycles. The number of aliphatic imine (C=N–C) groups is 1. The monoisotopic (exact) mass is 197 g/mol. The second kappa shape index (κ2) is 3.77. The predicted octanol–water partition coefficient (Wildman–Crippen LogP) is 2.37. The Bertz CT molecular complexity index is 330. The van der Waals surface area contributed by atoms with Gasteiger partial charge in [0.2, 0.25) is 5.90 Å². The van der Waals surface area contributed by atoms with Crippen LogP contribution in [0.15, 0.2) is 29.3 Å². The van der Waals surface area contributed by atoms with Crippen molar-refractivity contribution in [3.63, 3.8) is 0 Å². The molecule has 0 N–H and O–H groups in total. The van der Waals surface area contributed by atoms with E-state index in [1.165, 1.54) is 0 Å². The van der Waals surface area contributed by atoms with Gasteiger partial charge in [-0.1, -0.05) is 17.7 Å². The van der Waals surface area contributed by atoms with Crippen molar-refractivity contribution >= 4 is 23.2 Å². The van der Waals surface area contributed by atoms with Crippen LogP contribution >= 0.6 is 11.6 Å². The Labute approximate surface area is 80.9 Å². The van der Waals surface area contributed by atoms with E-state index in [4.69, 9.17) is 21.1 Å². The molecular formula is C9H8ClNO2. The van der Waals surface area contributed by atoms with Crippen molar-refractivity contribution in [3.05, 3.63) is 29.3 Å². The van der Waals surface area contributed by atoms with Crippen molar-refractivity contribution in [3.8, 4) is 0 Å². The van der Waals surface area contributed by atoms with E-state index >= 15 is 0 Å².